The van der Waals surface area contributed by atoms with Gasteiger partial charge in [0.15, 0.2) is 6.29 Å². The molecule has 0 unspecified atom stereocenters. The summed E-state index contributed by atoms with van der Waals surface area (Å²) in [5.74, 6) is 0.916. The van der Waals surface area contributed by atoms with Crippen LogP contribution in [0.2, 0.25) is 5.02 Å². The molecule has 1 rings (SSSR count). The maximum atomic E-state index is 5.77. The van der Waals surface area contributed by atoms with Gasteiger partial charge in [-0.15, -0.1) is 11.8 Å². The van der Waals surface area contributed by atoms with Gasteiger partial charge >= 0.3 is 0 Å². The van der Waals surface area contributed by atoms with Gasteiger partial charge in [0, 0.05) is 31.6 Å². The largest absolute Gasteiger partial charge is 0.353 e. The summed E-state index contributed by atoms with van der Waals surface area (Å²) < 4.78 is 10.9. The van der Waals surface area contributed by atoms with Crippen LogP contribution in [0.1, 0.15) is 20.3 Å². The average Bonchev–Trinajstić information content (AvgIpc) is 2.32. The predicted octanol–water partition coefficient (Wildman–Crippen LogP) is 3.62. The van der Waals surface area contributed by atoms with Crippen LogP contribution in [0.4, 0.5) is 0 Å². The van der Waals surface area contributed by atoms with Gasteiger partial charge in [-0.05, 0) is 26.0 Å². The van der Waals surface area contributed by atoms with Crippen molar-refractivity contribution in [2.75, 3.05) is 19.0 Å². The maximum absolute atomic E-state index is 5.77. The highest BCUT2D eigenvalue weighted by Gasteiger charge is 2.07. The van der Waals surface area contributed by atoms with E-state index in [9.17, 15) is 0 Å². The zero-order valence-electron chi connectivity index (χ0n) is 10.2. The van der Waals surface area contributed by atoms with E-state index >= 15 is 0 Å². The van der Waals surface area contributed by atoms with Crippen molar-refractivity contribution in [2.45, 2.75) is 31.6 Å². The van der Waals surface area contributed by atoms with Crippen molar-refractivity contribution in [2.24, 2.45) is 0 Å². The summed E-state index contributed by atoms with van der Waals surface area (Å²) >= 11 is 7.45. The van der Waals surface area contributed by atoms with E-state index in [1.54, 1.807) is 18.0 Å². The van der Waals surface area contributed by atoms with Crippen molar-refractivity contribution in [3.63, 3.8) is 0 Å². The Morgan fingerprint density at radius 3 is 2.53 bits per heavy atom. The van der Waals surface area contributed by atoms with Gasteiger partial charge in [0.05, 0.1) is 10.0 Å². The molecule has 0 aliphatic rings. The van der Waals surface area contributed by atoms with Crippen molar-refractivity contribution in [3.8, 4) is 0 Å². The molecule has 0 fully saturated rings. The molecule has 0 atom stereocenters. The molecule has 0 N–H and O–H groups in total. The molecule has 0 saturated carbocycles. The SMILES string of the molecule is CCOC(CCSc1ccc(Cl)cn1)OCC. The minimum Gasteiger partial charge on any atom is -0.353 e. The third-order valence-corrected chi connectivity index (χ3v) is 3.21. The maximum Gasteiger partial charge on any atom is 0.158 e. The molecule has 3 nitrogen and oxygen atoms in total. The molecular weight excluding hydrogens is 258 g/mol. The highest BCUT2D eigenvalue weighted by atomic mass is 35.5. The van der Waals surface area contributed by atoms with Gasteiger partial charge in [-0.2, -0.15) is 0 Å². The number of aromatic nitrogens is 1. The number of halogens is 1. The predicted molar refractivity (Wildman–Crippen MR) is 71.6 cm³/mol. The second-order valence-corrected chi connectivity index (χ2v) is 4.84. The van der Waals surface area contributed by atoms with E-state index in [0.29, 0.717) is 18.2 Å². The Bertz CT molecular complexity index is 302. The summed E-state index contributed by atoms with van der Waals surface area (Å²) in [5.41, 5.74) is 0. The second-order valence-electron chi connectivity index (χ2n) is 3.29. The van der Waals surface area contributed by atoms with Crippen LogP contribution in [0.15, 0.2) is 23.4 Å². The summed E-state index contributed by atoms with van der Waals surface area (Å²) in [5, 5.41) is 1.64. The number of rotatable bonds is 8. The summed E-state index contributed by atoms with van der Waals surface area (Å²) in [6.45, 7) is 5.29. The number of pyridine rings is 1. The smallest absolute Gasteiger partial charge is 0.158 e. The molecule has 0 saturated heterocycles. The zero-order valence-corrected chi connectivity index (χ0v) is 11.8. The Balaban J connectivity index is 2.27. The lowest BCUT2D eigenvalue weighted by Gasteiger charge is -2.16. The van der Waals surface area contributed by atoms with Crippen LogP contribution in [0, 0.1) is 0 Å². The number of nitrogens with zero attached hydrogens (tertiary/aromatic N) is 1. The molecule has 0 bridgehead atoms. The third kappa shape index (κ3) is 6.27. The molecule has 0 amide bonds. The fourth-order valence-electron chi connectivity index (χ4n) is 1.29. The van der Waals surface area contributed by atoms with Gasteiger partial charge < -0.3 is 9.47 Å². The molecule has 17 heavy (non-hydrogen) atoms. The van der Waals surface area contributed by atoms with E-state index in [1.165, 1.54) is 0 Å². The molecule has 0 radical (unpaired) electrons. The molecule has 0 spiro atoms. The molecule has 1 aromatic heterocycles. The first kappa shape index (κ1) is 14.8. The Hall–Kier alpha value is -0.290. The minimum absolute atomic E-state index is 0.107. The summed E-state index contributed by atoms with van der Waals surface area (Å²) in [6, 6.07) is 3.77. The Morgan fingerprint density at radius 2 is 2.00 bits per heavy atom. The molecule has 0 aromatic carbocycles. The molecule has 5 heteroatoms. The van der Waals surface area contributed by atoms with Crippen molar-refractivity contribution < 1.29 is 9.47 Å². The Labute approximate surface area is 112 Å². The summed E-state index contributed by atoms with van der Waals surface area (Å²) in [4.78, 5) is 4.22. The monoisotopic (exact) mass is 275 g/mol. The molecule has 0 aliphatic carbocycles. The van der Waals surface area contributed by atoms with Crippen LogP contribution < -0.4 is 0 Å². The first-order valence-electron chi connectivity index (χ1n) is 5.73. The fraction of sp³-hybridized carbons (Fsp3) is 0.583. The van der Waals surface area contributed by atoms with Gasteiger partial charge in [-0.3, -0.25) is 0 Å². The quantitative estimate of drug-likeness (QED) is 0.536. The van der Waals surface area contributed by atoms with Gasteiger partial charge in [-0.25, -0.2) is 4.98 Å². The number of hydrogen-bond donors (Lipinski definition) is 0. The van der Waals surface area contributed by atoms with Crippen molar-refractivity contribution >= 4 is 23.4 Å². The first-order chi connectivity index (χ1) is 8.26. The lowest BCUT2D eigenvalue weighted by Crippen LogP contribution is -2.18. The molecular formula is C12H18ClNO2S. The van der Waals surface area contributed by atoms with Gasteiger partial charge in [0.1, 0.15) is 0 Å². The highest BCUT2D eigenvalue weighted by molar-refractivity contribution is 7.99. The van der Waals surface area contributed by atoms with Gasteiger partial charge in [0.25, 0.3) is 0 Å². The fourth-order valence-corrected chi connectivity index (χ4v) is 2.22. The van der Waals surface area contributed by atoms with Crippen LogP contribution in [0.25, 0.3) is 0 Å². The highest BCUT2D eigenvalue weighted by Crippen LogP contribution is 2.19. The van der Waals surface area contributed by atoms with Crippen LogP contribution in [0.5, 0.6) is 0 Å². The van der Waals surface area contributed by atoms with Crippen molar-refractivity contribution in [1.29, 1.82) is 0 Å². The summed E-state index contributed by atoms with van der Waals surface area (Å²) in [6.07, 6.45) is 2.41. The van der Waals surface area contributed by atoms with Gasteiger partial charge in [0.2, 0.25) is 0 Å². The Kier molecular flexibility index (Phi) is 7.60. The third-order valence-electron chi connectivity index (χ3n) is 2.01. The standard InChI is InChI=1S/C12H18ClNO2S/c1-3-15-12(16-4-2)7-8-17-11-6-5-10(13)9-14-11/h5-6,9,12H,3-4,7-8H2,1-2H3. The van der Waals surface area contributed by atoms with Crippen LogP contribution in [-0.2, 0) is 9.47 Å². The number of ether oxygens (including phenoxy) is 2. The number of hydrogen-bond acceptors (Lipinski definition) is 4. The average molecular weight is 276 g/mol. The van der Waals surface area contributed by atoms with E-state index in [-0.39, 0.29) is 6.29 Å². The van der Waals surface area contributed by atoms with E-state index in [1.807, 2.05) is 26.0 Å². The van der Waals surface area contributed by atoms with Crippen LogP contribution in [0.3, 0.4) is 0 Å². The van der Waals surface area contributed by atoms with Crippen LogP contribution >= 0.6 is 23.4 Å². The van der Waals surface area contributed by atoms with Crippen molar-refractivity contribution in [1.82, 2.24) is 4.98 Å². The molecule has 1 heterocycles. The minimum atomic E-state index is -0.107. The zero-order chi connectivity index (χ0) is 12.5. The van der Waals surface area contributed by atoms with E-state index in [2.05, 4.69) is 4.98 Å². The van der Waals surface area contributed by atoms with E-state index in [0.717, 1.165) is 17.2 Å². The summed E-state index contributed by atoms with van der Waals surface area (Å²) in [7, 11) is 0. The molecule has 0 aliphatic heterocycles. The van der Waals surface area contributed by atoms with E-state index < -0.39 is 0 Å². The topological polar surface area (TPSA) is 31.4 Å². The molecule has 96 valence electrons. The molecule has 1 aromatic rings. The lowest BCUT2D eigenvalue weighted by molar-refractivity contribution is -0.136. The second kappa shape index (κ2) is 8.75. The Morgan fingerprint density at radius 1 is 1.29 bits per heavy atom. The van der Waals surface area contributed by atoms with Gasteiger partial charge in [-0.1, -0.05) is 11.6 Å². The normalized spacial score (nSPS) is 11.1. The van der Waals surface area contributed by atoms with Crippen LogP contribution in [-0.4, -0.2) is 30.2 Å². The lowest BCUT2D eigenvalue weighted by atomic mass is 10.5. The number of thioether (sulfide) groups is 1. The van der Waals surface area contributed by atoms with E-state index in [4.69, 9.17) is 21.1 Å². The van der Waals surface area contributed by atoms with Crippen molar-refractivity contribution in [3.05, 3.63) is 23.4 Å². The first-order valence-corrected chi connectivity index (χ1v) is 7.10.